The van der Waals surface area contributed by atoms with Crippen molar-refractivity contribution in [2.24, 2.45) is 22.7 Å². The van der Waals surface area contributed by atoms with Crippen molar-refractivity contribution in [3.8, 4) is 0 Å². The van der Waals surface area contributed by atoms with Gasteiger partial charge in [0.25, 0.3) is 0 Å². The summed E-state index contributed by atoms with van der Waals surface area (Å²) >= 11 is 0. The number of nitrogens with zero attached hydrogens (tertiary/aromatic N) is 1. The van der Waals surface area contributed by atoms with E-state index in [0.717, 1.165) is 12.4 Å². The van der Waals surface area contributed by atoms with Crippen molar-refractivity contribution >= 4 is 5.84 Å². The number of aliphatic imine (C=N–C) groups is 1. The highest BCUT2D eigenvalue weighted by molar-refractivity contribution is 5.85. The Labute approximate surface area is 85.9 Å². The highest BCUT2D eigenvalue weighted by Gasteiger charge is 2.39. The van der Waals surface area contributed by atoms with Crippen LogP contribution in [0.2, 0.25) is 0 Å². The lowest BCUT2D eigenvalue weighted by atomic mass is 9.88. The summed E-state index contributed by atoms with van der Waals surface area (Å²) in [5.74, 6) is 7.11. The molecule has 1 aliphatic heterocycles. The lowest BCUT2D eigenvalue weighted by Crippen LogP contribution is -2.41. The maximum atomic E-state index is 5.74. The average molecular weight is 199 g/mol. The van der Waals surface area contributed by atoms with Crippen LogP contribution >= 0.6 is 0 Å². The predicted octanol–water partition coefficient (Wildman–Crippen LogP) is 0.928. The number of ether oxygens (including phenoxy) is 1. The number of rotatable bonds is 2. The van der Waals surface area contributed by atoms with Gasteiger partial charge in [0, 0.05) is 12.5 Å². The van der Waals surface area contributed by atoms with Crippen LogP contribution in [0.3, 0.4) is 0 Å². The van der Waals surface area contributed by atoms with E-state index in [-0.39, 0.29) is 12.2 Å². The SMILES string of the molecule is CCN=C(NN)C1C(C)OC(C)C1C. The van der Waals surface area contributed by atoms with Crippen LogP contribution in [0, 0.1) is 11.8 Å². The molecule has 1 saturated heterocycles. The zero-order valence-electron chi connectivity index (χ0n) is 9.45. The van der Waals surface area contributed by atoms with Gasteiger partial charge in [-0.3, -0.25) is 4.99 Å². The number of hydrogen-bond acceptors (Lipinski definition) is 3. The summed E-state index contributed by atoms with van der Waals surface area (Å²) in [6, 6.07) is 0. The topological polar surface area (TPSA) is 59.6 Å². The van der Waals surface area contributed by atoms with Crippen LogP contribution in [0.25, 0.3) is 0 Å². The molecule has 14 heavy (non-hydrogen) atoms. The first-order valence-corrected chi connectivity index (χ1v) is 5.28. The van der Waals surface area contributed by atoms with Gasteiger partial charge in [-0.05, 0) is 26.7 Å². The molecule has 0 radical (unpaired) electrons. The zero-order valence-corrected chi connectivity index (χ0v) is 9.45. The number of hydrogen-bond donors (Lipinski definition) is 2. The van der Waals surface area contributed by atoms with Gasteiger partial charge in [0.15, 0.2) is 0 Å². The minimum Gasteiger partial charge on any atom is -0.374 e. The molecule has 4 unspecified atom stereocenters. The molecule has 0 aliphatic carbocycles. The molecule has 4 heteroatoms. The van der Waals surface area contributed by atoms with Crippen LogP contribution in [0.1, 0.15) is 27.7 Å². The van der Waals surface area contributed by atoms with E-state index in [0.29, 0.717) is 11.8 Å². The second kappa shape index (κ2) is 4.75. The molecule has 4 atom stereocenters. The summed E-state index contributed by atoms with van der Waals surface area (Å²) in [6.07, 6.45) is 0.478. The smallest absolute Gasteiger partial charge is 0.116 e. The minimum absolute atomic E-state index is 0.196. The van der Waals surface area contributed by atoms with Crippen molar-refractivity contribution in [3.05, 3.63) is 0 Å². The Hall–Kier alpha value is -0.610. The van der Waals surface area contributed by atoms with Gasteiger partial charge < -0.3 is 10.2 Å². The van der Waals surface area contributed by atoms with Gasteiger partial charge >= 0.3 is 0 Å². The quantitative estimate of drug-likeness (QED) is 0.301. The molecule has 0 aromatic rings. The lowest BCUT2D eigenvalue weighted by molar-refractivity contribution is 0.0549. The molecular weight excluding hydrogens is 178 g/mol. The van der Waals surface area contributed by atoms with Crippen LogP contribution in [0.15, 0.2) is 4.99 Å². The molecule has 3 N–H and O–H groups in total. The third-order valence-corrected chi connectivity index (χ3v) is 3.03. The summed E-state index contributed by atoms with van der Waals surface area (Å²) in [7, 11) is 0. The zero-order chi connectivity index (χ0) is 10.7. The van der Waals surface area contributed by atoms with Gasteiger partial charge in [-0.15, -0.1) is 0 Å². The molecule has 0 spiro atoms. The molecular formula is C10H21N3O. The van der Waals surface area contributed by atoms with E-state index >= 15 is 0 Å². The van der Waals surface area contributed by atoms with Gasteiger partial charge in [-0.25, -0.2) is 5.84 Å². The number of nitrogens with one attached hydrogen (secondary N) is 1. The summed E-state index contributed by atoms with van der Waals surface area (Å²) in [6.45, 7) is 9.12. The van der Waals surface area contributed by atoms with Crippen molar-refractivity contribution in [1.82, 2.24) is 5.43 Å². The molecule has 1 rings (SSSR count). The highest BCUT2D eigenvalue weighted by Crippen LogP contribution is 2.32. The van der Waals surface area contributed by atoms with E-state index in [4.69, 9.17) is 10.6 Å². The highest BCUT2D eigenvalue weighted by atomic mass is 16.5. The van der Waals surface area contributed by atoms with E-state index in [9.17, 15) is 0 Å². The fourth-order valence-corrected chi connectivity index (χ4v) is 2.16. The van der Waals surface area contributed by atoms with E-state index in [2.05, 4.69) is 31.2 Å². The monoisotopic (exact) mass is 199 g/mol. The Morgan fingerprint density at radius 1 is 1.36 bits per heavy atom. The number of hydrazine groups is 1. The van der Waals surface area contributed by atoms with E-state index in [1.807, 2.05) is 6.92 Å². The molecule has 0 amide bonds. The summed E-state index contributed by atoms with van der Waals surface area (Å²) < 4.78 is 5.74. The fourth-order valence-electron chi connectivity index (χ4n) is 2.16. The maximum absolute atomic E-state index is 5.74. The molecule has 82 valence electrons. The first kappa shape index (κ1) is 11.5. The van der Waals surface area contributed by atoms with Gasteiger partial charge in [0.05, 0.1) is 12.2 Å². The Balaban J connectivity index is 2.79. The molecule has 0 saturated carbocycles. The molecule has 1 fully saturated rings. The lowest BCUT2D eigenvalue weighted by Gasteiger charge is -2.20. The summed E-state index contributed by atoms with van der Waals surface area (Å²) in [5, 5.41) is 0. The van der Waals surface area contributed by atoms with Crippen LogP contribution in [-0.2, 0) is 4.74 Å². The predicted molar refractivity (Wildman–Crippen MR) is 58.0 cm³/mol. The van der Waals surface area contributed by atoms with E-state index < -0.39 is 0 Å². The van der Waals surface area contributed by atoms with E-state index in [1.165, 1.54) is 0 Å². The van der Waals surface area contributed by atoms with Crippen LogP contribution in [0.4, 0.5) is 0 Å². The van der Waals surface area contributed by atoms with Crippen molar-refractivity contribution in [2.75, 3.05) is 6.54 Å². The van der Waals surface area contributed by atoms with Crippen LogP contribution < -0.4 is 11.3 Å². The second-order valence-electron chi connectivity index (χ2n) is 3.94. The van der Waals surface area contributed by atoms with Crippen LogP contribution in [0.5, 0.6) is 0 Å². The third-order valence-electron chi connectivity index (χ3n) is 3.03. The Bertz CT molecular complexity index is 217. The number of nitrogens with two attached hydrogens (primary N) is 1. The normalized spacial score (nSPS) is 38.8. The first-order chi connectivity index (χ1) is 6.61. The molecule has 1 aliphatic rings. The van der Waals surface area contributed by atoms with Gasteiger partial charge in [-0.1, -0.05) is 6.92 Å². The first-order valence-electron chi connectivity index (χ1n) is 5.28. The van der Waals surface area contributed by atoms with Gasteiger partial charge in [-0.2, -0.15) is 0 Å². The molecule has 4 nitrogen and oxygen atoms in total. The average Bonchev–Trinajstić information content (AvgIpc) is 2.39. The maximum Gasteiger partial charge on any atom is 0.116 e. The van der Waals surface area contributed by atoms with Gasteiger partial charge in [0.2, 0.25) is 0 Å². The fraction of sp³-hybridized carbons (Fsp3) is 0.900. The Morgan fingerprint density at radius 2 is 2.00 bits per heavy atom. The van der Waals surface area contributed by atoms with Gasteiger partial charge in [0.1, 0.15) is 5.84 Å². The summed E-state index contributed by atoms with van der Waals surface area (Å²) in [4.78, 5) is 4.36. The third kappa shape index (κ3) is 2.07. The van der Waals surface area contributed by atoms with Crippen molar-refractivity contribution in [1.29, 1.82) is 0 Å². The minimum atomic E-state index is 0.196. The second-order valence-corrected chi connectivity index (χ2v) is 3.94. The molecule has 0 aromatic carbocycles. The molecule has 1 heterocycles. The largest absolute Gasteiger partial charge is 0.374 e. The molecule has 0 aromatic heterocycles. The Kier molecular flexibility index (Phi) is 3.89. The number of amidine groups is 1. The van der Waals surface area contributed by atoms with Crippen molar-refractivity contribution in [2.45, 2.75) is 39.9 Å². The standard InChI is InChI=1S/C10H21N3O/c1-5-12-10(13-11)9-6(2)7(3)14-8(9)4/h6-9H,5,11H2,1-4H3,(H,12,13). The van der Waals surface area contributed by atoms with Crippen molar-refractivity contribution < 1.29 is 4.74 Å². The molecule has 0 bridgehead atoms. The van der Waals surface area contributed by atoms with E-state index in [1.54, 1.807) is 0 Å². The summed E-state index contributed by atoms with van der Waals surface area (Å²) in [5.41, 5.74) is 2.70. The van der Waals surface area contributed by atoms with Crippen LogP contribution in [-0.4, -0.2) is 24.6 Å². The Morgan fingerprint density at radius 3 is 2.36 bits per heavy atom. The van der Waals surface area contributed by atoms with Crippen molar-refractivity contribution in [3.63, 3.8) is 0 Å².